The lowest BCUT2D eigenvalue weighted by Gasteiger charge is -2.17. The molecule has 5 rings (SSSR count). The lowest BCUT2D eigenvalue weighted by atomic mass is 10.0. The van der Waals surface area contributed by atoms with Gasteiger partial charge in [-0.15, -0.1) is 0 Å². The summed E-state index contributed by atoms with van der Waals surface area (Å²) in [6, 6.07) is 21.3. The number of aromatic nitrogens is 2. The molecule has 3 amide bonds. The zero-order valence-electron chi connectivity index (χ0n) is 20.2. The topological polar surface area (TPSA) is 130 Å². The molecule has 1 aliphatic carbocycles. The molecule has 1 aliphatic rings. The monoisotopic (exact) mass is 495 g/mol. The van der Waals surface area contributed by atoms with Crippen molar-refractivity contribution in [1.82, 2.24) is 15.2 Å². The number of nitrogens with zero attached hydrogens (tertiary/aromatic N) is 2. The van der Waals surface area contributed by atoms with E-state index in [4.69, 9.17) is 10.6 Å². The molecule has 0 spiro atoms. The molecule has 1 heterocycles. The minimum atomic E-state index is -0.810. The second-order valence-electron chi connectivity index (χ2n) is 8.64. The summed E-state index contributed by atoms with van der Waals surface area (Å²) in [4.78, 5) is 38.8. The predicted molar refractivity (Wildman–Crippen MR) is 139 cm³/mol. The van der Waals surface area contributed by atoms with E-state index in [9.17, 15) is 14.4 Å². The molecular weight excluding hydrogens is 470 g/mol. The van der Waals surface area contributed by atoms with Gasteiger partial charge in [-0.2, -0.15) is 10.1 Å². The zero-order chi connectivity index (χ0) is 25.9. The fourth-order valence-electron chi connectivity index (χ4n) is 4.45. The number of carbonyl (C=O) groups excluding carboxylic acids is 3. The third-order valence-electron chi connectivity index (χ3n) is 6.35. The Balaban J connectivity index is 1.30. The van der Waals surface area contributed by atoms with Gasteiger partial charge in [0.1, 0.15) is 11.4 Å². The SMILES string of the molecule is COc1ccc(-c2n[nH]c3c2C(=O)c2c(NC(=O)N(N)C(=O)CCCc4ccccc4)cccc2-3)cc1. The number of anilines is 1. The summed E-state index contributed by atoms with van der Waals surface area (Å²) in [5.41, 5.74) is 4.55. The number of hydrogen-bond acceptors (Lipinski definition) is 6. The van der Waals surface area contributed by atoms with E-state index < -0.39 is 11.9 Å². The quantitative estimate of drug-likeness (QED) is 0.172. The average Bonchev–Trinajstić information content (AvgIpc) is 3.49. The highest BCUT2D eigenvalue weighted by Gasteiger charge is 2.35. The van der Waals surface area contributed by atoms with E-state index >= 15 is 0 Å². The van der Waals surface area contributed by atoms with Crippen LogP contribution in [0.3, 0.4) is 0 Å². The number of hydrazine groups is 1. The highest BCUT2D eigenvalue weighted by molar-refractivity contribution is 6.27. The van der Waals surface area contributed by atoms with Crippen molar-refractivity contribution in [2.75, 3.05) is 12.4 Å². The number of rotatable bonds is 7. The molecular formula is C28H25N5O4. The van der Waals surface area contributed by atoms with E-state index in [-0.39, 0.29) is 17.9 Å². The Hall–Kier alpha value is -4.76. The van der Waals surface area contributed by atoms with Gasteiger partial charge in [-0.25, -0.2) is 10.6 Å². The molecule has 37 heavy (non-hydrogen) atoms. The van der Waals surface area contributed by atoms with Gasteiger partial charge in [-0.05, 0) is 48.7 Å². The largest absolute Gasteiger partial charge is 0.497 e. The summed E-state index contributed by atoms with van der Waals surface area (Å²) in [5, 5.41) is 10.5. The van der Waals surface area contributed by atoms with E-state index in [1.165, 1.54) is 0 Å². The van der Waals surface area contributed by atoms with Crippen LogP contribution in [-0.2, 0) is 11.2 Å². The van der Waals surface area contributed by atoms with Gasteiger partial charge in [0.2, 0.25) is 5.91 Å². The van der Waals surface area contributed by atoms with Crippen molar-refractivity contribution >= 4 is 23.4 Å². The van der Waals surface area contributed by atoms with Crippen LogP contribution in [-0.4, -0.2) is 40.0 Å². The van der Waals surface area contributed by atoms with Crippen molar-refractivity contribution in [3.05, 3.63) is 89.5 Å². The second-order valence-corrected chi connectivity index (χ2v) is 8.64. The Bertz CT molecular complexity index is 1480. The normalized spacial score (nSPS) is 11.6. The third-order valence-corrected chi connectivity index (χ3v) is 6.35. The fourth-order valence-corrected chi connectivity index (χ4v) is 4.45. The average molecular weight is 496 g/mol. The van der Waals surface area contributed by atoms with Gasteiger partial charge in [-0.1, -0.05) is 42.5 Å². The maximum Gasteiger partial charge on any atom is 0.343 e. The zero-order valence-corrected chi connectivity index (χ0v) is 20.2. The van der Waals surface area contributed by atoms with Gasteiger partial charge < -0.3 is 10.1 Å². The number of ether oxygens (including phenoxy) is 1. The first-order valence-electron chi connectivity index (χ1n) is 11.8. The van der Waals surface area contributed by atoms with Crippen molar-refractivity contribution in [1.29, 1.82) is 0 Å². The molecule has 4 aromatic rings. The number of aromatic amines is 1. The number of imide groups is 1. The molecule has 0 saturated heterocycles. The molecule has 0 aliphatic heterocycles. The molecule has 9 heteroatoms. The summed E-state index contributed by atoms with van der Waals surface area (Å²) in [7, 11) is 1.58. The van der Waals surface area contributed by atoms with Crippen molar-refractivity contribution < 1.29 is 19.1 Å². The lowest BCUT2D eigenvalue weighted by molar-refractivity contribution is -0.128. The number of methoxy groups -OCH3 is 1. The standard InChI is InChI=1S/C28H25N5O4/c1-37-19-15-13-18(14-16-19)25-24-26(32-31-25)20-10-6-11-21(23(20)27(24)35)30-28(36)33(29)22(34)12-5-9-17-7-3-2-4-8-17/h2-4,6-8,10-11,13-16H,5,9,12,29H2,1H3,(H,30,36)(H,31,32). The van der Waals surface area contributed by atoms with Crippen LogP contribution in [0, 0.1) is 0 Å². The van der Waals surface area contributed by atoms with Crippen LogP contribution in [0.5, 0.6) is 5.75 Å². The third kappa shape index (κ3) is 4.60. The molecule has 3 aromatic carbocycles. The minimum absolute atomic E-state index is 0.117. The molecule has 1 aromatic heterocycles. The summed E-state index contributed by atoms with van der Waals surface area (Å²) in [6.07, 6.45) is 1.37. The second kappa shape index (κ2) is 10.1. The summed E-state index contributed by atoms with van der Waals surface area (Å²) in [5.74, 6) is 5.72. The summed E-state index contributed by atoms with van der Waals surface area (Å²) < 4.78 is 5.21. The van der Waals surface area contributed by atoms with Crippen molar-refractivity contribution in [2.24, 2.45) is 5.84 Å². The number of H-pyrrole nitrogens is 1. The molecule has 186 valence electrons. The van der Waals surface area contributed by atoms with E-state index in [2.05, 4.69) is 15.5 Å². The van der Waals surface area contributed by atoms with Crippen LogP contribution in [0.25, 0.3) is 22.5 Å². The summed E-state index contributed by atoms with van der Waals surface area (Å²) >= 11 is 0. The van der Waals surface area contributed by atoms with Crippen LogP contribution in [0.2, 0.25) is 0 Å². The molecule has 4 N–H and O–H groups in total. The van der Waals surface area contributed by atoms with Crippen LogP contribution in [0.1, 0.15) is 34.3 Å². The first kappa shape index (κ1) is 24.0. The van der Waals surface area contributed by atoms with Crippen LogP contribution >= 0.6 is 0 Å². The fraction of sp³-hybridized carbons (Fsp3) is 0.143. The smallest absolute Gasteiger partial charge is 0.343 e. The molecule has 0 fully saturated rings. The van der Waals surface area contributed by atoms with Crippen molar-refractivity contribution in [3.8, 4) is 28.3 Å². The Labute approximate surface area is 213 Å². The van der Waals surface area contributed by atoms with E-state index in [0.717, 1.165) is 11.1 Å². The van der Waals surface area contributed by atoms with E-state index in [0.29, 0.717) is 51.7 Å². The minimum Gasteiger partial charge on any atom is -0.497 e. The van der Waals surface area contributed by atoms with Gasteiger partial charge >= 0.3 is 6.03 Å². The van der Waals surface area contributed by atoms with Gasteiger partial charge in [-0.3, -0.25) is 14.7 Å². The molecule has 0 atom stereocenters. The number of benzene rings is 3. The van der Waals surface area contributed by atoms with Crippen molar-refractivity contribution in [2.45, 2.75) is 19.3 Å². The van der Waals surface area contributed by atoms with Gasteiger partial charge in [0.05, 0.1) is 29.6 Å². The maximum atomic E-state index is 13.5. The highest BCUT2D eigenvalue weighted by atomic mass is 16.5. The van der Waals surface area contributed by atoms with Crippen LogP contribution in [0.4, 0.5) is 10.5 Å². The first-order valence-corrected chi connectivity index (χ1v) is 11.8. The number of urea groups is 1. The molecule has 0 unspecified atom stereocenters. The number of amides is 3. The van der Waals surface area contributed by atoms with Gasteiger partial charge in [0, 0.05) is 17.5 Å². The van der Waals surface area contributed by atoms with Crippen molar-refractivity contribution in [3.63, 3.8) is 0 Å². The van der Waals surface area contributed by atoms with Crippen LogP contribution < -0.4 is 15.9 Å². The number of aryl methyl sites for hydroxylation is 1. The Kier molecular flexibility index (Phi) is 6.53. The van der Waals surface area contributed by atoms with E-state index in [1.807, 2.05) is 42.5 Å². The number of ketones is 1. The number of carbonyl (C=O) groups is 3. The van der Waals surface area contributed by atoms with Gasteiger partial charge in [0.15, 0.2) is 5.78 Å². The highest BCUT2D eigenvalue weighted by Crippen LogP contribution is 2.43. The predicted octanol–water partition coefficient (Wildman–Crippen LogP) is 4.55. The van der Waals surface area contributed by atoms with E-state index in [1.54, 1.807) is 37.4 Å². The molecule has 0 bridgehead atoms. The number of hydrogen-bond donors (Lipinski definition) is 3. The molecule has 0 radical (unpaired) electrons. The Morgan fingerprint density at radius 1 is 1.00 bits per heavy atom. The van der Waals surface area contributed by atoms with Gasteiger partial charge in [0.25, 0.3) is 0 Å². The first-order chi connectivity index (χ1) is 18.0. The maximum absolute atomic E-state index is 13.5. The van der Waals surface area contributed by atoms with Crippen LogP contribution in [0.15, 0.2) is 72.8 Å². The number of nitrogens with two attached hydrogens (primary N) is 1. The molecule has 9 nitrogen and oxygen atoms in total. The number of nitrogens with one attached hydrogen (secondary N) is 2. The Morgan fingerprint density at radius 2 is 1.76 bits per heavy atom. The Morgan fingerprint density at radius 3 is 2.49 bits per heavy atom. The molecule has 0 saturated carbocycles. The summed E-state index contributed by atoms with van der Waals surface area (Å²) in [6.45, 7) is 0. The number of fused-ring (bicyclic) bond motifs is 3. The lowest BCUT2D eigenvalue weighted by Crippen LogP contribution is -2.45.